The third-order valence-electron chi connectivity index (χ3n) is 3.74. The van der Waals surface area contributed by atoms with E-state index in [0.717, 1.165) is 12.0 Å². The molecule has 0 aliphatic carbocycles. The van der Waals surface area contributed by atoms with Crippen LogP contribution in [-0.2, 0) is 11.8 Å². The van der Waals surface area contributed by atoms with Gasteiger partial charge >= 0.3 is 0 Å². The summed E-state index contributed by atoms with van der Waals surface area (Å²) >= 11 is 0. The molecule has 0 aliphatic rings. The highest BCUT2D eigenvalue weighted by Gasteiger charge is 2.16. The monoisotopic (exact) mass is 268 g/mol. The van der Waals surface area contributed by atoms with Crippen molar-refractivity contribution in [1.82, 2.24) is 0 Å². The van der Waals surface area contributed by atoms with E-state index in [9.17, 15) is 5.11 Å². The third kappa shape index (κ3) is 3.22. The molecular weight excluding hydrogens is 244 g/mol. The van der Waals surface area contributed by atoms with Crippen molar-refractivity contribution in [3.8, 4) is 5.75 Å². The first kappa shape index (κ1) is 14.6. The Bertz CT molecular complexity index is 618. The van der Waals surface area contributed by atoms with Crippen LogP contribution in [0.25, 0.3) is 0 Å². The molecule has 2 aromatic carbocycles. The van der Waals surface area contributed by atoms with Crippen molar-refractivity contribution in [2.45, 2.75) is 46.5 Å². The molecule has 0 amide bonds. The number of rotatable bonds is 2. The Kier molecular flexibility index (Phi) is 3.89. The molecule has 0 atom stereocenters. The van der Waals surface area contributed by atoms with Crippen LogP contribution in [-0.4, -0.2) is 5.11 Å². The predicted molar refractivity (Wildman–Crippen MR) is 85.5 cm³/mol. The van der Waals surface area contributed by atoms with E-state index < -0.39 is 0 Å². The number of aromatic hydroxyl groups is 1. The van der Waals surface area contributed by atoms with E-state index in [1.165, 1.54) is 22.3 Å². The molecule has 1 nitrogen and oxygen atoms in total. The van der Waals surface area contributed by atoms with E-state index in [1.54, 1.807) is 6.07 Å². The van der Waals surface area contributed by atoms with Gasteiger partial charge in [0, 0.05) is 6.42 Å². The summed E-state index contributed by atoms with van der Waals surface area (Å²) in [6.07, 6.45) is 0.775. The van der Waals surface area contributed by atoms with Crippen LogP contribution in [0.1, 0.15) is 48.6 Å². The quantitative estimate of drug-likeness (QED) is 0.821. The molecule has 0 radical (unpaired) electrons. The molecule has 2 rings (SSSR count). The molecule has 2 aromatic rings. The Balaban J connectivity index is 2.37. The van der Waals surface area contributed by atoms with E-state index in [1.807, 2.05) is 6.07 Å². The number of phenolic OH excluding ortho intramolecular Hbond substituents is 1. The fourth-order valence-electron chi connectivity index (χ4n) is 2.66. The van der Waals surface area contributed by atoms with E-state index in [0.29, 0.717) is 5.75 Å². The number of hydrogen-bond acceptors (Lipinski definition) is 1. The maximum atomic E-state index is 9.98. The first-order valence-corrected chi connectivity index (χ1v) is 7.16. The maximum Gasteiger partial charge on any atom is 0.119 e. The Morgan fingerprint density at radius 1 is 0.950 bits per heavy atom. The number of hydrogen-bond donors (Lipinski definition) is 1. The minimum atomic E-state index is 0.148. The van der Waals surface area contributed by atoms with Gasteiger partial charge in [-0.1, -0.05) is 56.7 Å². The van der Waals surface area contributed by atoms with Crippen molar-refractivity contribution in [3.63, 3.8) is 0 Å². The molecule has 0 fully saturated rings. The SMILES string of the molecule is Cc1ccc(O)c(Cc2ccc(C)c(C(C)(C)C)c2)c1. The summed E-state index contributed by atoms with van der Waals surface area (Å²) in [7, 11) is 0. The first-order chi connectivity index (χ1) is 9.27. The van der Waals surface area contributed by atoms with Crippen LogP contribution in [0, 0.1) is 13.8 Å². The predicted octanol–water partition coefficient (Wildman–Crippen LogP) is 4.90. The van der Waals surface area contributed by atoms with Gasteiger partial charge < -0.3 is 5.11 Å². The summed E-state index contributed by atoms with van der Waals surface area (Å²) in [6.45, 7) is 10.9. The number of aryl methyl sites for hydroxylation is 2. The van der Waals surface area contributed by atoms with Crippen molar-refractivity contribution in [2.24, 2.45) is 0 Å². The molecule has 106 valence electrons. The summed E-state index contributed by atoms with van der Waals surface area (Å²) in [6, 6.07) is 12.4. The normalized spacial score (nSPS) is 11.7. The van der Waals surface area contributed by atoms with Gasteiger partial charge in [-0.25, -0.2) is 0 Å². The standard InChI is InChI=1S/C19H24O/c1-13-6-9-18(20)16(10-13)11-15-8-7-14(2)17(12-15)19(3,4)5/h6-10,12,20H,11H2,1-5H3. The highest BCUT2D eigenvalue weighted by atomic mass is 16.3. The highest BCUT2D eigenvalue weighted by molar-refractivity contribution is 5.42. The van der Waals surface area contributed by atoms with Crippen LogP contribution in [0.15, 0.2) is 36.4 Å². The van der Waals surface area contributed by atoms with Crippen molar-refractivity contribution in [1.29, 1.82) is 0 Å². The fraction of sp³-hybridized carbons (Fsp3) is 0.368. The Morgan fingerprint density at radius 3 is 2.30 bits per heavy atom. The van der Waals surface area contributed by atoms with Crippen molar-refractivity contribution in [3.05, 3.63) is 64.2 Å². The lowest BCUT2D eigenvalue weighted by molar-refractivity contribution is 0.469. The molecule has 0 spiro atoms. The van der Waals surface area contributed by atoms with Gasteiger partial charge in [-0.2, -0.15) is 0 Å². The topological polar surface area (TPSA) is 20.2 Å². The molecule has 1 N–H and O–H groups in total. The lowest BCUT2D eigenvalue weighted by Gasteiger charge is -2.22. The van der Waals surface area contributed by atoms with Crippen molar-refractivity contribution < 1.29 is 5.11 Å². The zero-order valence-electron chi connectivity index (χ0n) is 13.1. The average Bonchev–Trinajstić information content (AvgIpc) is 2.35. The molecular formula is C19H24O. The molecule has 0 aliphatic heterocycles. The van der Waals surface area contributed by atoms with E-state index in [-0.39, 0.29) is 5.41 Å². The van der Waals surface area contributed by atoms with Gasteiger partial charge in [-0.05, 0) is 47.6 Å². The van der Waals surface area contributed by atoms with Crippen molar-refractivity contribution >= 4 is 0 Å². The van der Waals surface area contributed by atoms with Crippen molar-refractivity contribution in [2.75, 3.05) is 0 Å². The van der Waals surface area contributed by atoms with Crippen LogP contribution in [0.4, 0.5) is 0 Å². The zero-order valence-corrected chi connectivity index (χ0v) is 13.1. The summed E-state index contributed by atoms with van der Waals surface area (Å²) < 4.78 is 0. The van der Waals surface area contributed by atoms with Gasteiger partial charge in [0.1, 0.15) is 5.75 Å². The van der Waals surface area contributed by atoms with Crippen LogP contribution in [0.2, 0.25) is 0 Å². The van der Waals surface area contributed by atoms with Crippen LogP contribution >= 0.6 is 0 Å². The Morgan fingerprint density at radius 2 is 1.65 bits per heavy atom. The second-order valence-corrected chi connectivity index (χ2v) is 6.71. The van der Waals surface area contributed by atoms with Crippen LogP contribution in [0.3, 0.4) is 0 Å². The minimum absolute atomic E-state index is 0.148. The van der Waals surface area contributed by atoms with Gasteiger partial charge in [0.25, 0.3) is 0 Å². The second-order valence-electron chi connectivity index (χ2n) is 6.71. The summed E-state index contributed by atoms with van der Waals surface area (Å²) in [5.41, 5.74) is 6.28. The molecule has 1 heteroatoms. The summed E-state index contributed by atoms with van der Waals surface area (Å²) in [5.74, 6) is 0.383. The van der Waals surface area contributed by atoms with E-state index in [2.05, 4.69) is 58.9 Å². The molecule has 20 heavy (non-hydrogen) atoms. The highest BCUT2D eigenvalue weighted by Crippen LogP contribution is 2.28. The largest absolute Gasteiger partial charge is 0.508 e. The smallest absolute Gasteiger partial charge is 0.119 e. The molecule has 0 saturated heterocycles. The molecule has 0 unspecified atom stereocenters. The van der Waals surface area contributed by atoms with Gasteiger partial charge in [0.15, 0.2) is 0 Å². The van der Waals surface area contributed by atoms with Gasteiger partial charge in [-0.15, -0.1) is 0 Å². The van der Waals surface area contributed by atoms with E-state index >= 15 is 0 Å². The zero-order chi connectivity index (χ0) is 14.9. The second kappa shape index (κ2) is 5.32. The molecule has 0 bridgehead atoms. The fourth-order valence-corrected chi connectivity index (χ4v) is 2.66. The molecule has 0 saturated carbocycles. The maximum absolute atomic E-state index is 9.98. The Hall–Kier alpha value is -1.76. The lowest BCUT2D eigenvalue weighted by atomic mass is 9.82. The third-order valence-corrected chi connectivity index (χ3v) is 3.74. The summed E-state index contributed by atoms with van der Waals surface area (Å²) in [5, 5.41) is 9.98. The molecule has 0 heterocycles. The summed E-state index contributed by atoms with van der Waals surface area (Å²) in [4.78, 5) is 0. The number of benzene rings is 2. The van der Waals surface area contributed by atoms with Gasteiger partial charge in [0.2, 0.25) is 0 Å². The first-order valence-electron chi connectivity index (χ1n) is 7.16. The van der Waals surface area contributed by atoms with Crippen LogP contribution < -0.4 is 0 Å². The average molecular weight is 268 g/mol. The number of phenols is 1. The van der Waals surface area contributed by atoms with Crippen LogP contribution in [0.5, 0.6) is 5.75 Å². The minimum Gasteiger partial charge on any atom is -0.508 e. The lowest BCUT2D eigenvalue weighted by Crippen LogP contribution is -2.13. The van der Waals surface area contributed by atoms with Gasteiger partial charge in [0.05, 0.1) is 0 Å². The van der Waals surface area contributed by atoms with E-state index in [4.69, 9.17) is 0 Å². The Labute approximate surface area is 122 Å². The van der Waals surface area contributed by atoms with Gasteiger partial charge in [-0.3, -0.25) is 0 Å². The molecule has 0 aromatic heterocycles.